The van der Waals surface area contributed by atoms with E-state index in [-0.39, 0.29) is 18.5 Å². The van der Waals surface area contributed by atoms with Crippen LogP contribution in [0, 0.1) is 5.82 Å². The highest BCUT2D eigenvalue weighted by atomic mass is 19.1. The van der Waals surface area contributed by atoms with Gasteiger partial charge in [-0.2, -0.15) is 4.98 Å². The van der Waals surface area contributed by atoms with Crippen molar-refractivity contribution in [2.75, 3.05) is 26.3 Å². The van der Waals surface area contributed by atoms with Crippen LogP contribution in [0.5, 0.6) is 0 Å². The highest BCUT2D eigenvalue weighted by Gasteiger charge is 2.21. The Balaban J connectivity index is 1.66. The van der Waals surface area contributed by atoms with Gasteiger partial charge in [0.1, 0.15) is 5.82 Å². The van der Waals surface area contributed by atoms with E-state index in [1.165, 1.54) is 12.1 Å². The van der Waals surface area contributed by atoms with Crippen LogP contribution in [0.1, 0.15) is 5.89 Å². The molecule has 1 aromatic heterocycles. The third-order valence-corrected chi connectivity index (χ3v) is 3.36. The van der Waals surface area contributed by atoms with Crippen molar-refractivity contribution in [2.45, 2.75) is 12.6 Å². The molecule has 1 aromatic carbocycles. The molecule has 0 aliphatic carbocycles. The van der Waals surface area contributed by atoms with Crippen molar-refractivity contribution in [1.82, 2.24) is 15.0 Å². The lowest BCUT2D eigenvalue weighted by atomic mass is 10.2. The maximum Gasteiger partial charge on any atom is 0.241 e. The second-order valence-electron chi connectivity index (χ2n) is 4.93. The Hall–Kier alpha value is -1.83. The van der Waals surface area contributed by atoms with Crippen molar-refractivity contribution < 1.29 is 18.8 Å². The molecule has 3 rings (SSSR count). The second kappa shape index (κ2) is 6.30. The van der Waals surface area contributed by atoms with E-state index in [0.29, 0.717) is 37.0 Å². The summed E-state index contributed by atoms with van der Waals surface area (Å²) in [6.07, 6.45) is -0.168. The number of aliphatic hydroxyl groups is 1. The van der Waals surface area contributed by atoms with Gasteiger partial charge < -0.3 is 14.4 Å². The summed E-state index contributed by atoms with van der Waals surface area (Å²) in [5.41, 5.74) is 0.710. The van der Waals surface area contributed by atoms with E-state index in [2.05, 4.69) is 15.0 Å². The summed E-state index contributed by atoms with van der Waals surface area (Å²) in [5, 5.41) is 13.0. The highest BCUT2D eigenvalue weighted by molar-refractivity contribution is 5.53. The Bertz CT molecular complexity index is 587. The van der Waals surface area contributed by atoms with Crippen LogP contribution >= 0.6 is 0 Å². The Labute approximate surface area is 121 Å². The molecule has 0 saturated carbocycles. The quantitative estimate of drug-likeness (QED) is 0.909. The smallest absolute Gasteiger partial charge is 0.241 e. The average Bonchev–Trinajstić information content (AvgIpc) is 2.96. The molecule has 0 bridgehead atoms. The van der Waals surface area contributed by atoms with Crippen LogP contribution in [-0.2, 0) is 11.3 Å². The van der Waals surface area contributed by atoms with E-state index in [9.17, 15) is 4.39 Å². The van der Waals surface area contributed by atoms with Gasteiger partial charge in [-0.1, -0.05) is 5.16 Å². The number of benzene rings is 1. The normalized spacial score (nSPS) is 19.8. The number of halogens is 1. The van der Waals surface area contributed by atoms with Crippen LogP contribution in [0.4, 0.5) is 4.39 Å². The SMILES string of the molecule is OCC1CN(Cc2nc(-c3ccc(F)cc3)no2)CCO1. The van der Waals surface area contributed by atoms with Crippen LogP contribution in [0.15, 0.2) is 28.8 Å². The number of ether oxygens (including phenoxy) is 1. The molecule has 2 aromatic rings. The van der Waals surface area contributed by atoms with E-state index in [4.69, 9.17) is 14.4 Å². The first-order valence-electron chi connectivity index (χ1n) is 6.78. The van der Waals surface area contributed by atoms with Gasteiger partial charge in [-0.25, -0.2) is 4.39 Å². The Morgan fingerprint density at radius 1 is 1.33 bits per heavy atom. The summed E-state index contributed by atoms with van der Waals surface area (Å²) in [6.45, 7) is 2.47. The van der Waals surface area contributed by atoms with Crippen LogP contribution in [0.3, 0.4) is 0 Å². The van der Waals surface area contributed by atoms with Gasteiger partial charge in [-0.05, 0) is 24.3 Å². The van der Waals surface area contributed by atoms with E-state index in [1.807, 2.05) is 0 Å². The molecule has 1 atom stereocenters. The van der Waals surface area contributed by atoms with Gasteiger partial charge in [0.15, 0.2) is 0 Å². The maximum absolute atomic E-state index is 12.9. The molecule has 1 aliphatic rings. The average molecular weight is 293 g/mol. The number of aliphatic hydroxyl groups excluding tert-OH is 1. The number of rotatable bonds is 4. The molecule has 0 radical (unpaired) electrons. The molecule has 112 valence electrons. The largest absolute Gasteiger partial charge is 0.394 e. The van der Waals surface area contributed by atoms with Crippen LogP contribution in [0.2, 0.25) is 0 Å². The van der Waals surface area contributed by atoms with Gasteiger partial charge in [-0.3, -0.25) is 4.90 Å². The Kier molecular flexibility index (Phi) is 4.23. The number of hydrogen-bond acceptors (Lipinski definition) is 6. The van der Waals surface area contributed by atoms with Gasteiger partial charge >= 0.3 is 0 Å². The van der Waals surface area contributed by atoms with Crippen molar-refractivity contribution in [3.63, 3.8) is 0 Å². The second-order valence-corrected chi connectivity index (χ2v) is 4.93. The zero-order chi connectivity index (χ0) is 14.7. The molecule has 0 amide bonds. The summed E-state index contributed by atoms with van der Waals surface area (Å²) >= 11 is 0. The molecule has 1 unspecified atom stereocenters. The lowest BCUT2D eigenvalue weighted by molar-refractivity contribution is -0.0571. The summed E-state index contributed by atoms with van der Waals surface area (Å²) in [7, 11) is 0. The first-order chi connectivity index (χ1) is 10.2. The van der Waals surface area contributed by atoms with E-state index >= 15 is 0 Å². The molecule has 21 heavy (non-hydrogen) atoms. The van der Waals surface area contributed by atoms with Crippen molar-refractivity contribution in [2.24, 2.45) is 0 Å². The molecular formula is C14H16FN3O3. The molecule has 1 saturated heterocycles. The highest BCUT2D eigenvalue weighted by Crippen LogP contribution is 2.17. The molecule has 0 spiro atoms. The summed E-state index contributed by atoms with van der Waals surface area (Å²) in [4.78, 5) is 6.40. The van der Waals surface area contributed by atoms with Gasteiger partial charge in [-0.15, -0.1) is 0 Å². The zero-order valence-electron chi connectivity index (χ0n) is 11.4. The summed E-state index contributed by atoms with van der Waals surface area (Å²) < 4.78 is 23.5. The predicted octanol–water partition coefficient (Wildman–Crippen LogP) is 1.07. The van der Waals surface area contributed by atoms with E-state index in [1.54, 1.807) is 12.1 Å². The number of hydrogen-bond donors (Lipinski definition) is 1. The molecule has 1 N–H and O–H groups in total. The molecule has 7 heteroatoms. The monoisotopic (exact) mass is 293 g/mol. The first kappa shape index (κ1) is 14.1. The summed E-state index contributed by atoms with van der Waals surface area (Å²) in [5.74, 6) is 0.635. The number of morpholine rings is 1. The van der Waals surface area contributed by atoms with Gasteiger partial charge in [0.05, 0.1) is 25.9 Å². The predicted molar refractivity (Wildman–Crippen MR) is 71.8 cm³/mol. The van der Waals surface area contributed by atoms with Crippen LogP contribution < -0.4 is 0 Å². The minimum atomic E-state index is -0.300. The van der Waals surface area contributed by atoms with Gasteiger partial charge in [0.2, 0.25) is 11.7 Å². The number of nitrogens with zero attached hydrogens (tertiary/aromatic N) is 3. The van der Waals surface area contributed by atoms with Crippen molar-refractivity contribution in [3.8, 4) is 11.4 Å². The topological polar surface area (TPSA) is 71.6 Å². The fraction of sp³-hybridized carbons (Fsp3) is 0.429. The molecular weight excluding hydrogens is 277 g/mol. The Morgan fingerprint density at radius 2 is 2.14 bits per heavy atom. The van der Waals surface area contributed by atoms with Crippen LogP contribution in [0.25, 0.3) is 11.4 Å². The van der Waals surface area contributed by atoms with E-state index < -0.39 is 0 Å². The fourth-order valence-electron chi connectivity index (χ4n) is 2.26. The molecule has 6 nitrogen and oxygen atoms in total. The Morgan fingerprint density at radius 3 is 2.90 bits per heavy atom. The minimum Gasteiger partial charge on any atom is -0.394 e. The van der Waals surface area contributed by atoms with Crippen LogP contribution in [-0.4, -0.2) is 52.6 Å². The number of aromatic nitrogens is 2. The maximum atomic E-state index is 12.9. The van der Waals surface area contributed by atoms with Gasteiger partial charge in [0.25, 0.3) is 0 Å². The lowest BCUT2D eigenvalue weighted by Gasteiger charge is -2.30. The minimum absolute atomic E-state index is 0.00115. The fourth-order valence-corrected chi connectivity index (χ4v) is 2.26. The zero-order valence-corrected chi connectivity index (χ0v) is 11.4. The standard InChI is InChI=1S/C14H16FN3O3/c15-11-3-1-10(2-4-11)14-16-13(21-17-14)8-18-5-6-20-12(7-18)9-19/h1-4,12,19H,5-9H2. The van der Waals surface area contributed by atoms with Crippen molar-refractivity contribution in [1.29, 1.82) is 0 Å². The lowest BCUT2D eigenvalue weighted by Crippen LogP contribution is -2.43. The van der Waals surface area contributed by atoms with Gasteiger partial charge in [0, 0.05) is 18.7 Å². The van der Waals surface area contributed by atoms with E-state index in [0.717, 1.165) is 6.54 Å². The first-order valence-corrected chi connectivity index (χ1v) is 6.78. The molecule has 2 heterocycles. The molecule has 1 fully saturated rings. The van der Waals surface area contributed by atoms with Crippen molar-refractivity contribution >= 4 is 0 Å². The summed E-state index contributed by atoms with van der Waals surface area (Å²) in [6, 6.07) is 5.94. The third kappa shape index (κ3) is 3.44. The third-order valence-electron chi connectivity index (χ3n) is 3.36. The molecule has 1 aliphatic heterocycles. The van der Waals surface area contributed by atoms with Crippen molar-refractivity contribution in [3.05, 3.63) is 36.0 Å².